The van der Waals surface area contributed by atoms with Crippen LogP contribution in [0, 0.1) is 0 Å². The molecule has 0 aliphatic heterocycles. The second-order valence-corrected chi connectivity index (χ2v) is 13.7. The van der Waals surface area contributed by atoms with Gasteiger partial charge in [-0.1, -0.05) is 90.8 Å². The van der Waals surface area contributed by atoms with E-state index in [0.717, 1.165) is 9.87 Å². The summed E-state index contributed by atoms with van der Waals surface area (Å²) in [6, 6.07) is 27.6. The lowest BCUT2D eigenvalue weighted by Gasteiger charge is -2.34. The lowest BCUT2D eigenvalue weighted by atomic mass is 10.0. The van der Waals surface area contributed by atoms with Crippen molar-refractivity contribution >= 4 is 50.7 Å². The number of hydrogen-bond donors (Lipinski definition) is 1. The van der Waals surface area contributed by atoms with Crippen molar-refractivity contribution in [3.63, 3.8) is 0 Å². The summed E-state index contributed by atoms with van der Waals surface area (Å²) in [6.07, 6.45) is 0.877. The number of nitrogens with one attached hydrogen (secondary N) is 1. The number of halogens is 2. The van der Waals surface area contributed by atoms with Crippen LogP contribution in [0.3, 0.4) is 0 Å². The van der Waals surface area contributed by atoms with E-state index in [0.29, 0.717) is 22.0 Å². The first-order valence-corrected chi connectivity index (χ1v) is 17.6. The summed E-state index contributed by atoms with van der Waals surface area (Å²) in [5.41, 5.74) is 1.62. The fourth-order valence-electron chi connectivity index (χ4n) is 4.99. The van der Waals surface area contributed by atoms with E-state index >= 15 is 0 Å². The second-order valence-electron chi connectivity index (χ2n) is 11.0. The van der Waals surface area contributed by atoms with E-state index < -0.39 is 28.5 Å². The van der Waals surface area contributed by atoms with E-state index in [9.17, 15) is 18.0 Å². The zero-order valence-electron chi connectivity index (χ0n) is 26.6. The summed E-state index contributed by atoms with van der Waals surface area (Å²) in [5, 5.41) is 3.81. The first kappa shape index (κ1) is 35.8. The molecule has 4 rings (SSSR count). The van der Waals surface area contributed by atoms with E-state index in [-0.39, 0.29) is 47.9 Å². The van der Waals surface area contributed by atoms with Crippen molar-refractivity contribution in [1.82, 2.24) is 10.2 Å². The third-order valence-corrected chi connectivity index (χ3v) is 10.1. The molecule has 1 N–H and O–H groups in total. The Labute approximate surface area is 287 Å². The average Bonchev–Trinajstić information content (AvgIpc) is 3.07. The quantitative estimate of drug-likeness (QED) is 0.143. The summed E-state index contributed by atoms with van der Waals surface area (Å²) in [6.45, 7) is 5.25. The van der Waals surface area contributed by atoms with E-state index in [4.69, 9.17) is 27.9 Å². The predicted octanol–water partition coefficient (Wildman–Crippen LogP) is 7.14. The van der Waals surface area contributed by atoms with Crippen molar-refractivity contribution in [2.75, 3.05) is 17.5 Å². The monoisotopic (exact) mass is 695 g/mol. The van der Waals surface area contributed by atoms with E-state index in [1.807, 2.05) is 44.2 Å². The molecule has 0 heterocycles. The molecule has 2 unspecified atom stereocenters. The maximum atomic E-state index is 14.7. The van der Waals surface area contributed by atoms with Crippen LogP contribution in [-0.2, 0) is 32.6 Å². The molecule has 0 radical (unpaired) electrons. The van der Waals surface area contributed by atoms with Crippen LogP contribution in [0.25, 0.3) is 0 Å². The fraction of sp³-hybridized carbons (Fsp3) is 0.278. The van der Waals surface area contributed by atoms with Crippen LogP contribution >= 0.6 is 23.2 Å². The number of nitrogens with zero attached hydrogens (tertiary/aromatic N) is 2. The minimum absolute atomic E-state index is 0.0358. The summed E-state index contributed by atoms with van der Waals surface area (Å²) in [7, 11) is -4.33. The van der Waals surface area contributed by atoms with Crippen LogP contribution in [-0.4, -0.2) is 50.4 Å². The summed E-state index contributed by atoms with van der Waals surface area (Å²) in [4.78, 5) is 30.0. The SMILES string of the molecule is CCOc1ccccc1N(CC(=O)N(Cc1ccccc1Cl)C(Cc1ccccc1)C(=O)NC(C)CC)S(=O)(=O)c1ccc(Cl)cc1. The van der Waals surface area contributed by atoms with Crippen molar-refractivity contribution in [3.8, 4) is 5.75 Å². The highest BCUT2D eigenvalue weighted by Gasteiger charge is 2.36. The Morgan fingerprint density at radius 1 is 0.851 bits per heavy atom. The van der Waals surface area contributed by atoms with Gasteiger partial charge in [0.25, 0.3) is 10.0 Å². The van der Waals surface area contributed by atoms with Crippen LogP contribution in [0.4, 0.5) is 5.69 Å². The molecule has 4 aromatic rings. The van der Waals surface area contributed by atoms with Crippen molar-refractivity contribution < 1.29 is 22.7 Å². The third-order valence-electron chi connectivity index (χ3n) is 7.68. The topological polar surface area (TPSA) is 96.0 Å². The molecule has 0 aromatic heterocycles. The minimum atomic E-state index is -4.33. The smallest absolute Gasteiger partial charge is 0.264 e. The summed E-state index contributed by atoms with van der Waals surface area (Å²) < 4.78 is 35.4. The summed E-state index contributed by atoms with van der Waals surface area (Å²) in [5.74, 6) is -0.673. The molecule has 0 bridgehead atoms. The lowest BCUT2D eigenvalue weighted by Crippen LogP contribution is -2.54. The molecule has 0 saturated carbocycles. The number of anilines is 1. The van der Waals surface area contributed by atoms with Gasteiger partial charge >= 0.3 is 0 Å². The van der Waals surface area contributed by atoms with Gasteiger partial charge in [-0.25, -0.2) is 8.42 Å². The van der Waals surface area contributed by atoms with Gasteiger partial charge in [0.05, 0.1) is 17.2 Å². The molecule has 11 heteroatoms. The lowest BCUT2D eigenvalue weighted by molar-refractivity contribution is -0.140. The number of para-hydroxylation sites is 2. The first-order chi connectivity index (χ1) is 22.5. The third kappa shape index (κ3) is 9.28. The van der Waals surface area contributed by atoms with Gasteiger partial charge in [-0.3, -0.25) is 13.9 Å². The number of ether oxygens (including phenoxy) is 1. The Kier molecular flexibility index (Phi) is 12.7. The number of hydrogen-bond acceptors (Lipinski definition) is 5. The zero-order valence-corrected chi connectivity index (χ0v) is 28.9. The molecule has 4 aromatic carbocycles. The number of amides is 2. The van der Waals surface area contributed by atoms with Gasteiger partial charge in [0.1, 0.15) is 18.3 Å². The molecule has 47 heavy (non-hydrogen) atoms. The Morgan fingerprint density at radius 2 is 1.49 bits per heavy atom. The van der Waals surface area contributed by atoms with Crippen molar-refractivity contribution in [1.29, 1.82) is 0 Å². The standard InChI is InChI=1S/C36H39Cl2N3O5S/c1-4-26(3)39-36(43)33(23-27-13-7-6-8-14-27)40(24-28-15-9-10-16-31(28)38)35(42)25-41(32-17-11-12-18-34(32)46-5-2)47(44,45)30-21-19-29(37)20-22-30/h6-22,26,33H,4-5,23-25H2,1-3H3,(H,39,43). The van der Waals surface area contributed by atoms with Crippen LogP contribution in [0.1, 0.15) is 38.3 Å². The van der Waals surface area contributed by atoms with Gasteiger partial charge < -0.3 is 15.0 Å². The number of benzene rings is 4. The van der Waals surface area contributed by atoms with Crippen LogP contribution in [0.5, 0.6) is 5.75 Å². The Bertz CT molecular complexity index is 1750. The highest BCUT2D eigenvalue weighted by atomic mass is 35.5. The van der Waals surface area contributed by atoms with Gasteiger partial charge in [-0.15, -0.1) is 0 Å². The second kappa shape index (κ2) is 16.7. The molecular formula is C36H39Cl2N3O5S. The normalized spacial score (nSPS) is 12.5. The van der Waals surface area contributed by atoms with Gasteiger partial charge in [0, 0.05) is 29.1 Å². The number of carbonyl (C=O) groups is 2. The number of rotatable bonds is 15. The molecule has 248 valence electrons. The molecular weight excluding hydrogens is 657 g/mol. The zero-order chi connectivity index (χ0) is 34.0. The van der Waals surface area contributed by atoms with Crippen molar-refractivity contribution in [2.45, 2.75) is 57.1 Å². The largest absolute Gasteiger partial charge is 0.492 e. The maximum Gasteiger partial charge on any atom is 0.264 e. The number of carbonyl (C=O) groups excluding carboxylic acids is 2. The molecule has 0 aliphatic rings. The predicted molar refractivity (Wildman–Crippen MR) is 187 cm³/mol. The van der Waals surface area contributed by atoms with Crippen LogP contribution in [0.2, 0.25) is 10.0 Å². The van der Waals surface area contributed by atoms with Crippen molar-refractivity contribution in [3.05, 3.63) is 124 Å². The fourth-order valence-corrected chi connectivity index (χ4v) is 6.74. The van der Waals surface area contributed by atoms with Gasteiger partial charge in [-0.2, -0.15) is 0 Å². The van der Waals surface area contributed by atoms with Crippen LogP contribution < -0.4 is 14.4 Å². The first-order valence-electron chi connectivity index (χ1n) is 15.4. The van der Waals surface area contributed by atoms with Gasteiger partial charge in [0.2, 0.25) is 11.8 Å². The Hall–Kier alpha value is -4.05. The highest BCUT2D eigenvalue weighted by Crippen LogP contribution is 2.33. The maximum absolute atomic E-state index is 14.7. The molecule has 0 saturated heterocycles. The minimum Gasteiger partial charge on any atom is -0.492 e. The van der Waals surface area contributed by atoms with Gasteiger partial charge in [-0.05, 0) is 73.9 Å². The highest BCUT2D eigenvalue weighted by molar-refractivity contribution is 7.92. The van der Waals surface area contributed by atoms with E-state index in [2.05, 4.69) is 5.32 Å². The Morgan fingerprint density at radius 3 is 2.15 bits per heavy atom. The molecule has 2 amide bonds. The average molecular weight is 697 g/mol. The van der Waals surface area contributed by atoms with E-state index in [1.54, 1.807) is 55.5 Å². The van der Waals surface area contributed by atoms with E-state index in [1.165, 1.54) is 29.2 Å². The van der Waals surface area contributed by atoms with Gasteiger partial charge in [0.15, 0.2) is 0 Å². The summed E-state index contributed by atoms with van der Waals surface area (Å²) >= 11 is 12.7. The molecule has 0 spiro atoms. The number of sulfonamides is 1. The molecule has 2 atom stereocenters. The molecule has 0 aliphatic carbocycles. The Balaban J connectivity index is 1.85. The molecule has 0 fully saturated rings. The van der Waals surface area contributed by atoms with Crippen molar-refractivity contribution in [2.24, 2.45) is 0 Å². The molecule has 8 nitrogen and oxygen atoms in total. The van der Waals surface area contributed by atoms with Crippen LogP contribution in [0.15, 0.2) is 108 Å².